The molecule has 2 nitrogen and oxygen atoms in total. The van der Waals surface area contributed by atoms with Crippen LogP contribution in [0.1, 0.15) is 35.9 Å². The molecule has 1 aliphatic heterocycles. The highest BCUT2D eigenvalue weighted by Crippen LogP contribution is 2.40. The molecule has 0 bridgehead atoms. The first kappa shape index (κ1) is 9.37. The molecule has 3 rings (SSSR count). The maximum atomic E-state index is 5.49. The molecule has 80 valence electrons. The smallest absolute Gasteiger partial charge is 0.0662 e. The van der Waals surface area contributed by atoms with Crippen LogP contribution in [-0.2, 0) is 4.74 Å². The van der Waals surface area contributed by atoms with Crippen molar-refractivity contribution in [3.8, 4) is 0 Å². The summed E-state index contributed by atoms with van der Waals surface area (Å²) in [5.41, 5.74) is 2.90. The zero-order valence-electron chi connectivity index (χ0n) is 8.91. The summed E-state index contributed by atoms with van der Waals surface area (Å²) in [6, 6.07) is 9.39. The maximum absolute atomic E-state index is 5.49. The van der Waals surface area contributed by atoms with Crippen molar-refractivity contribution < 1.29 is 4.74 Å². The molecule has 2 fully saturated rings. The van der Waals surface area contributed by atoms with Gasteiger partial charge in [-0.2, -0.15) is 0 Å². The Morgan fingerprint density at radius 2 is 2.07 bits per heavy atom. The first-order chi connectivity index (χ1) is 7.43. The van der Waals surface area contributed by atoms with Crippen molar-refractivity contribution in [2.45, 2.75) is 24.8 Å². The van der Waals surface area contributed by atoms with Crippen LogP contribution in [0.5, 0.6) is 0 Å². The third-order valence-electron chi connectivity index (χ3n) is 3.28. The van der Waals surface area contributed by atoms with E-state index in [-0.39, 0.29) is 0 Å². The summed E-state index contributed by atoms with van der Waals surface area (Å²) in [7, 11) is 0. The predicted molar refractivity (Wildman–Crippen MR) is 60.0 cm³/mol. The second-order valence-corrected chi connectivity index (χ2v) is 4.53. The van der Waals surface area contributed by atoms with E-state index in [1.54, 1.807) is 0 Å². The molecule has 1 heterocycles. The molecule has 1 aromatic carbocycles. The van der Waals surface area contributed by atoms with Gasteiger partial charge in [-0.1, -0.05) is 24.3 Å². The molecule has 1 saturated heterocycles. The van der Waals surface area contributed by atoms with Crippen molar-refractivity contribution in [2.24, 2.45) is 0 Å². The fraction of sp³-hybridized carbons (Fsp3) is 0.538. The minimum Gasteiger partial charge on any atom is -0.378 e. The Morgan fingerprint density at radius 1 is 1.20 bits per heavy atom. The van der Waals surface area contributed by atoms with E-state index in [4.69, 9.17) is 4.74 Å². The predicted octanol–water partition coefficient (Wildman–Crippen LogP) is 2.22. The molecule has 1 unspecified atom stereocenters. The normalized spacial score (nSPS) is 26.5. The monoisotopic (exact) mass is 203 g/mol. The van der Waals surface area contributed by atoms with Crippen LogP contribution in [0.15, 0.2) is 24.3 Å². The summed E-state index contributed by atoms with van der Waals surface area (Å²) >= 11 is 0. The SMILES string of the molecule is c1cc(C2CC2)cc(C2COCCN2)c1. The van der Waals surface area contributed by atoms with Crippen molar-refractivity contribution in [2.75, 3.05) is 19.8 Å². The molecule has 0 amide bonds. The molecule has 0 spiro atoms. The Labute approximate surface area is 90.6 Å². The summed E-state index contributed by atoms with van der Waals surface area (Å²) in [5, 5.41) is 3.50. The van der Waals surface area contributed by atoms with E-state index in [1.807, 2.05) is 0 Å². The average molecular weight is 203 g/mol. The number of nitrogens with one attached hydrogen (secondary N) is 1. The summed E-state index contributed by atoms with van der Waals surface area (Å²) in [6.45, 7) is 2.63. The summed E-state index contributed by atoms with van der Waals surface area (Å²) in [4.78, 5) is 0. The van der Waals surface area contributed by atoms with E-state index in [9.17, 15) is 0 Å². The van der Waals surface area contributed by atoms with Gasteiger partial charge in [-0.15, -0.1) is 0 Å². The molecule has 0 radical (unpaired) electrons. The lowest BCUT2D eigenvalue weighted by Gasteiger charge is -2.24. The van der Waals surface area contributed by atoms with Crippen LogP contribution < -0.4 is 5.32 Å². The third kappa shape index (κ3) is 2.06. The van der Waals surface area contributed by atoms with Gasteiger partial charge in [-0.25, -0.2) is 0 Å². The number of hydrogen-bond donors (Lipinski definition) is 1. The standard InChI is InChI=1S/C13H17NO/c1-2-11(10-4-5-10)8-12(3-1)13-9-15-7-6-14-13/h1-3,8,10,13-14H,4-7,9H2. The first-order valence-corrected chi connectivity index (χ1v) is 5.84. The van der Waals surface area contributed by atoms with E-state index in [0.717, 1.165) is 25.7 Å². The number of benzene rings is 1. The van der Waals surface area contributed by atoms with Gasteiger partial charge in [0, 0.05) is 6.54 Å². The van der Waals surface area contributed by atoms with Crippen LogP contribution in [0.4, 0.5) is 0 Å². The van der Waals surface area contributed by atoms with Gasteiger partial charge in [0.05, 0.1) is 19.3 Å². The van der Waals surface area contributed by atoms with Crippen LogP contribution in [0, 0.1) is 0 Å². The Balaban J connectivity index is 1.80. The fourth-order valence-corrected chi connectivity index (χ4v) is 2.23. The van der Waals surface area contributed by atoms with Gasteiger partial charge in [0.2, 0.25) is 0 Å². The van der Waals surface area contributed by atoms with Crippen LogP contribution in [0.25, 0.3) is 0 Å². The number of morpholine rings is 1. The zero-order chi connectivity index (χ0) is 10.1. The molecule has 1 aliphatic carbocycles. The van der Waals surface area contributed by atoms with Gasteiger partial charge in [0.25, 0.3) is 0 Å². The van der Waals surface area contributed by atoms with E-state index < -0.39 is 0 Å². The number of hydrogen-bond acceptors (Lipinski definition) is 2. The Morgan fingerprint density at radius 3 is 2.80 bits per heavy atom. The van der Waals surface area contributed by atoms with Crippen molar-refractivity contribution in [3.05, 3.63) is 35.4 Å². The van der Waals surface area contributed by atoms with Crippen LogP contribution in [0.2, 0.25) is 0 Å². The van der Waals surface area contributed by atoms with Crippen molar-refractivity contribution in [1.82, 2.24) is 5.32 Å². The Bertz CT molecular complexity index is 340. The lowest BCUT2D eigenvalue weighted by Crippen LogP contribution is -2.34. The average Bonchev–Trinajstić information content (AvgIpc) is 3.14. The van der Waals surface area contributed by atoms with Crippen LogP contribution in [0.3, 0.4) is 0 Å². The quantitative estimate of drug-likeness (QED) is 0.795. The highest BCUT2D eigenvalue weighted by atomic mass is 16.5. The molecule has 1 saturated carbocycles. The van der Waals surface area contributed by atoms with Gasteiger partial charge in [-0.3, -0.25) is 0 Å². The Hall–Kier alpha value is -0.860. The molecular formula is C13H17NO. The molecule has 1 atom stereocenters. The second kappa shape index (κ2) is 3.95. The molecule has 1 N–H and O–H groups in total. The van der Waals surface area contributed by atoms with Crippen molar-refractivity contribution in [1.29, 1.82) is 0 Å². The molecule has 0 aromatic heterocycles. The van der Waals surface area contributed by atoms with Crippen molar-refractivity contribution in [3.63, 3.8) is 0 Å². The number of rotatable bonds is 2. The topological polar surface area (TPSA) is 21.3 Å². The summed E-state index contributed by atoms with van der Waals surface area (Å²) in [5.74, 6) is 0.842. The minimum absolute atomic E-state index is 0.400. The van der Waals surface area contributed by atoms with E-state index in [2.05, 4.69) is 29.6 Å². The fourth-order valence-electron chi connectivity index (χ4n) is 2.23. The van der Waals surface area contributed by atoms with Crippen molar-refractivity contribution >= 4 is 0 Å². The highest BCUT2D eigenvalue weighted by molar-refractivity contribution is 5.31. The first-order valence-electron chi connectivity index (χ1n) is 5.84. The lowest BCUT2D eigenvalue weighted by atomic mass is 10.0. The maximum Gasteiger partial charge on any atom is 0.0662 e. The van der Waals surface area contributed by atoms with Crippen LogP contribution >= 0.6 is 0 Å². The van der Waals surface area contributed by atoms with Gasteiger partial charge >= 0.3 is 0 Å². The van der Waals surface area contributed by atoms with Gasteiger partial charge in [0.15, 0.2) is 0 Å². The second-order valence-electron chi connectivity index (χ2n) is 4.53. The minimum atomic E-state index is 0.400. The van der Waals surface area contributed by atoms with Gasteiger partial charge in [0.1, 0.15) is 0 Å². The summed E-state index contributed by atoms with van der Waals surface area (Å²) < 4.78 is 5.49. The largest absolute Gasteiger partial charge is 0.378 e. The molecule has 15 heavy (non-hydrogen) atoms. The molecule has 2 heteroatoms. The van der Waals surface area contributed by atoms with E-state index >= 15 is 0 Å². The Kier molecular flexibility index (Phi) is 2.47. The highest BCUT2D eigenvalue weighted by Gasteiger charge is 2.24. The summed E-state index contributed by atoms with van der Waals surface area (Å²) in [6.07, 6.45) is 2.75. The molecule has 2 aliphatic rings. The van der Waals surface area contributed by atoms with Gasteiger partial charge < -0.3 is 10.1 Å². The lowest BCUT2D eigenvalue weighted by molar-refractivity contribution is 0.0768. The number of ether oxygens (including phenoxy) is 1. The zero-order valence-corrected chi connectivity index (χ0v) is 8.91. The third-order valence-corrected chi connectivity index (χ3v) is 3.28. The van der Waals surface area contributed by atoms with E-state index in [0.29, 0.717) is 6.04 Å². The molecule has 1 aromatic rings. The molecular weight excluding hydrogens is 186 g/mol. The van der Waals surface area contributed by atoms with E-state index in [1.165, 1.54) is 24.0 Å². The van der Waals surface area contributed by atoms with Gasteiger partial charge in [-0.05, 0) is 29.9 Å². The van der Waals surface area contributed by atoms with Crippen LogP contribution in [-0.4, -0.2) is 19.8 Å².